The predicted molar refractivity (Wildman–Crippen MR) is 99.8 cm³/mol. The number of hydrogen-bond donors (Lipinski definition) is 3. The van der Waals surface area contributed by atoms with Gasteiger partial charge in [0.15, 0.2) is 5.82 Å². The van der Waals surface area contributed by atoms with Crippen LogP contribution in [0.2, 0.25) is 0 Å². The number of nitrogen functional groups attached to an aromatic ring is 1. The number of fused-ring (bicyclic) bond motifs is 1. The number of amides is 2. The Balaban J connectivity index is 1.49. The number of aromatic nitrogens is 4. The van der Waals surface area contributed by atoms with Crippen LogP contribution in [-0.4, -0.2) is 32.4 Å². The summed E-state index contributed by atoms with van der Waals surface area (Å²) in [6, 6.07) is 3.06. The number of anilines is 2. The number of urea groups is 1. The number of H-pyrrole nitrogens is 1. The molecule has 3 aromatic heterocycles. The second-order valence-corrected chi connectivity index (χ2v) is 7.65. The molecule has 0 spiro atoms. The summed E-state index contributed by atoms with van der Waals surface area (Å²) < 4.78 is 26.7. The van der Waals surface area contributed by atoms with Crippen LogP contribution in [0.4, 0.5) is 25.1 Å². The lowest BCUT2D eigenvalue weighted by atomic mass is 10.3. The SMILES string of the molecule is Cc1ncc(-c2ccc(N)c(NC(=O)N3Cc4c[nH][n+](CC(F)F)c4C3)n2)s1. The van der Waals surface area contributed by atoms with Gasteiger partial charge in [-0.3, -0.25) is 5.32 Å². The lowest BCUT2D eigenvalue weighted by Crippen LogP contribution is -2.43. The van der Waals surface area contributed by atoms with Crippen LogP contribution in [0.3, 0.4) is 0 Å². The maximum absolute atomic E-state index is 12.7. The van der Waals surface area contributed by atoms with Gasteiger partial charge in [0.2, 0.25) is 12.2 Å². The van der Waals surface area contributed by atoms with Gasteiger partial charge >= 0.3 is 6.03 Å². The number of alkyl halides is 2. The Bertz CT molecular complexity index is 1030. The first kappa shape index (κ1) is 18.3. The van der Waals surface area contributed by atoms with E-state index in [-0.39, 0.29) is 12.4 Å². The molecule has 0 aliphatic carbocycles. The summed E-state index contributed by atoms with van der Waals surface area (Å²) in [6.07, 6.45) is 0.891. The van der Waals surface area contributed by atoms with E-state index in [1.54, 1.807) is 24.5 Å². The van der Waals surface area contributed by atoms with E-state index in [1.165, 1.54) is 20.9 Å². The van der Waals surface area contributed by atoms with E-state index < -0.39 is 19.0 Å². The fraction of sp³-hybridized carbons (Fsp3) is 0.294. The molecule has 1 aliphatic heterocycles. The van der Waals surface area contributed by atoms with Gasteiger partial charge in [-0.05, 0) is 19.1 Å². The van der Waals surface area contributed by atoms with Crippen LogP contribution < -0.4 is 15.7 Å². The highest BCUT2D eigenvalue weighted by molar-refractivity contribution is 7.15. The second-order valence-electron chi connectivity index (χ2n) is 6.41. The van der Waals surface area contributed by atoms with E-state index in [0.717, 1.165) is 15.4 Å². The molecule has 4 N–H and O–H groups in total. The van der Waals surface area contributed by atoms with Crippen molar-refractivity contribution in [2.75, 3.05) is 11.1 Å². The van der Waals surface area contributed by atoms with Crippen LogP contribution >= 0.6 is 11.3 Å². The number of aromatic amines is 1. The summed E-state index contributed by atoms with van der Waals surface area (Å²) in [5.74, 6) is 0.257. The van der Waals surface area contributed by atoms with Crippen molar-refractivity contribution in [2.24, 2.45) is 0 Å². The third-order valence-corrected chi connectivity index (χ3v) is 5.36. The molecular formula is C17H18F2N7OS+. The van der Waals surface area contributed by atoms with E-state index >= 15 is 0 Å². The average Bonchev–Trinajstić information content (AvgIpc) is 3.34. The van der Waals surface area contributed by atoms with Gasteiger partial charge in [-0.2, -0.15) is 5.10 Å². The van der Waals surface area contributed by atoms with Crippen molar-refractivity contribution in [3.63, 3.8) is 0 Å². The molecule has 0 unspecified atom stereocenters. The first-order valence-electron chi connectivity index (χ1n) is 8.53. The molecule has 2 amide bonds. The Kier molecular flexibility index (Phi) is 4.67. The van der Waals surface area contributed by atoms with Gasteiger partial charge in [0.1, 0.15) is 6.54 Å². The molecule has 0 atom stereocenters. The molecule has 0 saturated carbocycles. The molecule has 28 heavy (non-hydrogen) atoms. The van der Waals surface area contributed by atoms with Crippen LogP contribution in [0, 0.1) is 6.92 Å². The first-order chi connectivity index (χ1) is 13.4. The number of nitrogens with one attached hydrogen (secondary N) is 2. The number of halogens is 2. The summed E-state index contributed by atoms with van der Waals surface area (Å²) >= 11 is 1.49. The summed E-state index contributed by atoms with van der Waals surface area (Å²) in [4.78, 5) is 23.7. The fourth-order valence-corrected chi connectivity index (χ4v) is 3.82. The highest BCUT2D eigenvalue weighted by Gasteiger charge is 2.34. The van der Waals surface area contributed by atoms with Crippen molar-refractivity contribution in [1.29, 1.82) is 0 Å². The predicted octanol–water partition coefficient (Wildman–Crippen LogP) is 2.52. The molecular weight excluding hydrogens is 388 g/mol. The summed E-state index contributed by atoms with van der Waals surface area (Å²) in [5.41, 5.74) is 8.45. The number of rotatable bonds is 4. The second kappa shape index (κ2) is 7.15. The zero-order chi connectivity index (χ0) is 19.8. The van der Waals surface area contributed by atoms with Crippen LogP contribution in [0.5, 0.6) is 0 Å². The van der Waals surface area contributed by atoms with Crippen molar-refractivity contribution >= 4 is 28.9 Å². The van der Waals surface area contributed by atoms with Crippen molar-refractivity contribution in [2.45, 2.75) is 33.0 Å². The molecule has 11 heteroatoms. The Hall–Kier alpha value is -3.08. The Labute approximate surface area is 163 Å². The number of thiazole rings is 1. The topological polar surface area (TPSA) is 104 Å². The minimum absolute atomic E-state index is 0.227. The van der Waals surface area contributed by atoms with E-state index in [9.17, 15) is 13.6 Å². The third-order valence-electron chi connectivity index (χ3n) is 4.43. The monoisotopic (exact) mass is 406 g/mol. The molecule has 0 saturated heterocycles. The molecule has 4 rings (SSSR count). The minimum Gasteiger partial charge on any atom is -0.396 e. The molecule has 0 aromatic carbocycles. The maximum atomic E-state index is 12.7. The van der Waals surface area contributed by atoms with Crippen LogP contribution in [0.15, 0.2) is 24.5 Å². The molecule has 0 radical (unpaired) electrons. The van der Waals surface area contributed by atoms with Crippen LogP contribution in [0.25, 0.3) is 10.6 Å². The quantitative estimate of drug-likeness (QED) is 0.579. The minimum atomic E-state index is -2.47. The van der Waals surface area contributed by atoms with E-state index in [1.807, 2.05) is 6.92 Å². The van der Waals surface area contributed by atoms with Gasteiger partial charge in [0.05, 0.1) is 39.6 Å². The van der Waals surface area contributed by atoms with Gasteiger partial charge in [-0.25, -0.2) is 23.5 Å². The van der Waals surface area contributed by atoms with Gasteiger partial charge in [0, 0.05) is 6.20 Å². The maximum Gasteiger partial charge on any atom is 0.323 e. The first-order valence-corrected chi connectivity index (χ1v) is 9.34. The molecule has 0 bridgehead atoms. The number of carbonyl (C=O) groups excluding carboxylic acids is 1. The zero-order valence-electron chi connectivity index (χ0n) is 14.9. The number of nitrogens with zero attached hydrogens (tertiary/aromatic N) is 4. The van der Waals surface area contributed by atoms with Crippen LogP contribution in [-0.2, 0) is 19.6 Å². The van der Waals surface area contributed by atoms with E-state index in [0.29, 0.717) is 23.6 Å². The third kappa shape index (κ3) is 3.52. The normalized spacial score (nSPS) is 13.2. The number of aryl methyl sites for hydroxylation is 1. The molecule has 3 aromatic rings. The fourth-order valence-electron chi connectivity index (χ4n) is 3.07. The van der Waals surface area contributed by atoms with Crippen molar-refractivity contribution in [3.8, 4) is 10.6 Å². The Morgan fingerprint density at radius 2 is 2.29 bits per heavy atom. The number of pyridine rings is 1. The summed E-state index contributed by atoms with van der Waals surface area (Å²) in [7, 11) is 0. The molecule has 4 heterocycles. The standard InChI is InChI=1S/C17H17F2N7OS/c1-9-21-5-14(28-9)12-3-2-11(20)16(23-12)24-17(27)25-6-10-4-22-26(8-15(18)19)13(10)7-25/h2-5,15H,6-8,20H2,1H3,(H,23,24,27)/p+1. The van der Waals surface area contributed by atoms with Gasteiger partial charge in [0.25, 0.3) is 6.43 Å². The molecule has 8 nitrogen and oxygen atoms in total. The molecule has 146 valence electrons. The number of carbonyl (C=O) groups is 1. The summed E-state index contributed by atoms with van der Waals surface area (Å²) in [5, 5.41) is 6.43. The lowest BCUT2D eigenvalue weighted by Gasteiger charge is -2.16. The van der Waals surface area contributed by atoms with Gasteiger partial charge in [-0.1, -0.05) is 0 Å². The molecule has 0 fully saturated rings. The smallest absolute Gasteiger partial charge is 0.323 e. The van der Waals surface area contributed by atoms with Crippen molar-refractivity contribution in [1.82, 2.24) is 20.0 Å². The van der Waals surface area contributed by atoms with Crippen molar-refractivity contribution in [3.05, 3.63) is 40.8 Å². The Morgan fingerprint density at radius 3 is 3.00 bits per heavy atom. The zero-order valence-corrected chi connectivity index (χ0v) is 15.8. The Morgan fingerprint density at radius 1 is 1.46 bits per heavy atom. The highest BCUT2D eigenvalue weighted by atomic mass is 32.1. The highest BCUT2D eigenvalue weighted by Crippen LogP contribution is 2.28. The van der Waals surface area contributed by atoms with E-state index in [4.69, 9.17) is 5.73 Å². The molecule has 1 aliphatic rings. The average molecular weight is 406 g/mol. The number of nitrogens with two attached hydrogens (primary N) is 1. The van der Waals surface area contributed by atoms with E-state index in [2.05, 4.69) is 20.4 Å². The van der Waals surface area contributed by atoms with Gasteiger partial charge < -0.3 is 10.6 Å². The van der Waals surface area contributed by atoms with Gasteiger partial charge in [-0.15, -0.1) is 16.0 Å². The largest absolute Gasteiger partial charge is 0.396 e. The van der Waals surface area contributed by atoms with Crippen molar-refractivity contribution < 1.29 is 18.3 Å². The van der Waals surface area contributed by atoms with Crippen LogP contribution in [0.1, 0.15) is 16.3 Å². The lowest BCUT2D eigenvalue weighted by molar-refractivity contribution is -0.763. The summed E-state index contributed by atoms with van der Waals surface area (Å²) in [6.45, 7) is 2.01. The number of hydrogen-bond acceptors (Lipinski definition) is 5.